The first-order valence-corrected chi connectivity index (χ1v) is 7.62. The summed E-state index contributed by atoms with van der Waals surface area (Å²) in [5.74, 6) is -1.60. The minimum absolute atomic E-state index is 0.0310. The lowest BCUT2D eigenvalue weighted by Gasteiger charge is -2.07. The molecule has 1 amide bonds. The van der Waals surface area contributed by atoms with Crippen molar-refractivity contribution in [1.29, 1.82) is 0 Å². The molecule has 0 aliphatic rings. The number of aromatic amines is 1. The molecule has 0 aliphatic carbocycles. The van der Waals surface area contributed by atoms with Crippen LogP contribution < -0.4 is 5.32 Å². The van der Waals surface area contributed by atoms with Crippen LogP contribution in [0.2, 0.25) is 0 Å². The van der Waals surface area contributed by atoms with E-state index in [1.807, 2.05) is 0 Å². The van der Waals surface area contributed by atoms with Gasteiger partial charge in [-0.05, 0) is 46.8 Å². The monoisotopic (exact) mass is 373 g/mol. The average Bonchev–Trinajstić information content (AvgIpc) is 3.31. The van der Waals surface area contributed by atoms with Crippen LogP contribution in [0, 0.1) is 0 Å². The summed E-state index contributed by atoms with van der Waals surface area (Å²) in [5, 5.41) is 13.4. The Morgan fingerprint density at radius 1 is 1.11 bits per heavy atom. The number of benzene rings is 2. The lowest BCUT2D eigenvalue weighted by molar-refractivity contribution is -0.144. The van der Waals surface area contributed by atoms with Crippen LogP contribution in [0.5, 0.6) is 0 Å². The molecule has 0 aliphatic heterocycles. The Hall–Kier alpha value is -3.76. The van der Waals surface area contributed by atoms with Crippen molar-refractivity contribution >= 4 is 22.6 Å². The molecule has 136 valence electrons. The molecular weight excluding hydrogens is 363 g/mol. The number of nitrogens with one attached hydrogen (secondary N) is 2. The molecule has 8 nitrogen and oxygen atoms in total. The van der Waals surface area contributed by atoms with E-state index in [1.54, 1.807) is 24.3 Å². The number of carbonyl (C=O) groups excluding carboxylic acids is 1. The van der Waals surface area contributed by atoms with Gasteiger partial charge in [0.2, 0.25) is 5.82 Å². The van der Waals surface area contributed by atoms with Crippen molar-refractivity contribution in [1.82, 2.24) is 30.2 Å². The van der Waals surface area contributed by atoms with Crippen LogP contribution in [-0.2, 0) is 6.18 Å². The summed E-state index contributed by atoms with van der Waals surface area (Å²) in [6.45, 7) is 0. The van der Waals surface area contributed by atoms with E-state index >= 15 is 0 Å². The molecule has 4 aromatic rings. The maximum absolute atomic E-state index is 12.8. The normalized spacial score (nSPS) is 11.7. The van der Waals surface area contributed by atoms with Crippen molar-refractivity contribution < 1.29 is 18.0 Å². The van der Waals surface area contributed by atoms with E-state index in [2.05, 4.69) is 30.8 Å². The molecule has 2 aromatic carbocycles. The van der Waals surface area contributed by atoms with E-state index < -0.39 is 17.9 Å². The highest BCUT2D eigenvalue weighted by Gasteiger charge is 2.35. The quantitative estimate of drug-likeness (QED) is 0.575. The van der Waals surface area contributed by atoms with Gasteiger partial charge >= 0.3 is 6.18 Å². The van der Waals surface area contributed by atoms with Crippen LogP contribution in [0.3, 0.4) is 0 Å². The van der Waals surface area contributed by atoms with Gasteiger partial charge in [-0.2, -0.15) is 13.2 Å². The van der Waals surface area contributed by atoms with E-state index in [-0.39, 0.29) is 16.7 Å². The number of anilines is 1. The van der Waals surface area contributed by atoms with E-state index in [4.69, 9.17) is 0 Å². The molecular formula is C16H10F3N7O. The molecule has 2 N–H and O–H groups in total. The number of hydrogen-bond acceptors (Lipinski definition) is 5. The predicted molar refractivity (Wildman–Crippen MR) is 88.2 cm³/mol. The Kier molecular flexibility index (Phi) is 3.83. The summed E-state index contributed by atoms with van der Waals surface area (Å²) < 4.78 is 39.9. The van der Waals surface area contributed by atoms with Crippen molar-refractivity contribution in [2.45, 2.75) is 6.18 Å². The van der Waals surface area contributed by atoms with Crippen LogP contribution >= 0.6 is 0 Å². The van der Waals surface area contributed by atoms with Crippen LogP contribution in [0.25, 0.3) is 16.7 Å². The van der Waals surface area contributed by atoms with Gasteiger partial charge in [0.25, 0.3) is 5.91 Å². The third kappa shape index (κ3) is 3.21. The number of carbonyl (C=O) groups is 1. The second kappa shape index (κ2) is 6.20. The lowest BCUT2D eigenvalue weighted by atomic mass is 10.2. The number of para-hydroxylation sites is 1. The molecule has 0 bridgehead atoms. The van der Waals surface area contributed by atoms with Crippen molar-refractivity contribution in [3.8, 4) is 5.69 Å². The predicted octanol–water partition coefficient (Wildman–Crippen LogP) is 2.81. The first kappa shape index (κ1) is 16.7. The fourth-order valence-corrected chi connectivity index (χ4v) is 2.51. The Labute approximate surface area is 149 Å². The van der Waals surface area contributed by atoms with Gasteiger partial charge in [0, 0.05) is 5.56 Å². The van der Waals surface area contributed by atoms with Crippen LogP contribution in [0.4, 0.5) is 18.9 Å². The van der Waals surface area contributed by atoms with Gasteiger partial charge in [-0.25, -0.2) is 9.67 Å². The van der Waals surface area contributed by atoms with Gasteiger partial charge in [-0.3, -0.25) is 4.79 Å². The van der Waals surface area contributed by atoms with Crippen LogP contribution in [0.15, 0.2) is 48.8 Å². The first-order valence-electron chi connectivity index (χ1n) is 7.62. The largest absolute Gasteiger partial charge is 0.449 e. The third-order valence-corrected chi connectivity index (χ3v) is 3.77. The van der Waals surface area contributed by atoms with Gasteiger partial charge < -0.3 is 10.3 Å². The number of tetrazole rings is 1. The molecule has 0 atom stereocenters. The second-order valence-electron chi connectivity index (χ2n) is 5.54. The van der Waals surface area contributed by atoms with Gasteiger partial charge in [0.05, 0.1) is 16.9 Å². The zero-order chi connectivity index (χ0) is 19.0. The molecule has 0 saturated carbocycles. The molecule has 11 heteroatoms. The molecule has 0 spiro atoms. The van der Waals surface area contributed by atoms with Gasteiger partial charge in [0.1, 0.15) is 11.8 Å². The molecule has 2 heterocycles. The number of imidazole rings is 1. The maximum Gasteiger partial charge on any atom is 0.449 e. The number of hydrogen-bond donors (Lipinski definition) is 2. The number of aromatic nitrogens is 6. The summed E-state index contributed by atoms with van der Waals surface area (Å²) in [4.78, 5) is 18.2. The third-order valence-electron chi connectivity index (χ3n) is 3.77. The molecule has 27 heavy (non-hydrogen) atoms. The number of amides is 1. The van der Waals surface area contributed by atoms with Crippen molar-refractivity contribution in [2.24, 2.45) is 0 Å². The van der Waals surface area contributed by atoms with Crippen molar-refractivity contribution in [3.63, 3.8) is 0 Å². The molecule has 0 saturated heterocycles. The number of halogens is 3. The number of nitrogens with zero attached hydrogens (tertiary/aromatic N) is 5. The summed E-state index contributed by atoms with van der Waals surface area (Å²) in [6, 6.07) is 10.8. The zero-order valence-electron chi connectivity index (χ0n) is 13.4. The molecule has 0 radical (unpaired) electrons. The number of alkyl halides is 3. The van der Waals surface area contributed by atoms with Crippen LogP contribution in [-0.4, -0.2) is 36.1 Å². The van der Waals surface area contributed by atoms with E-state index in [1.165, 1.54) is 29.2 Å². The fraction of sp³-hybridized carbons (Fsp3) is 0.0625. The lowest BCUT2D eigenvalue weighted by Crippen LogP contribution is -2.12. The number of H-pyrrole nitrogens is 1. The average molecular weight is 373 g/mol. The topological polar surface area (TPSA) is 101 Å². The minimum Gasteiger partial charge on any atom is -0.334 e. The fourth-order valence-electron chi connectivity index (χ4n) is 2.51. The highest BCUT2D eigenvalue weighted by molar-refractivity contribution is 6.08. The second-order valence-corrected chi connectivity index (χ2v) is 5.54. The Bertz CT molecular complexity index is 1100. The first-order chi connectivity index (χ1) is 12.9. The smallest absolute Gasteiger partial charge is 0.334 e. The van der Waals surface area contributed by atoms with Crippen LogP contribution in [0.1, 0.15) is 16.2 Å². The maximum atomic E-state index is 12.8. The number of fused-ring (bicyclic) bond motifs is 1. The SMILES string of the molecule is O=C(Nc1cccc2[nH]c(C(F)(F)F)nc12)c1ccc(-n2cnnn2)cc1. The number of rotatable bonds is 3. The molecule has 4 rings (SSSR count). The highest BCUT2D eigenvalue weighted by atomic mass is 19.4. The van der Waals surface area contributed by atoms with E-state index in [9.17, 15) is 18.0 Å². The Balaban J connectivity index is 1.60. The Morgan fingerprint density at radius 2 is 1.89 bits per heavy atom. The van der Waals surface area contributed by atoms with Crippen molar-refractivity contribution in [2.75, 3.05) is 5.32 Å². The van der Waals surface area contributed by atoms with E-state index in [0.29, 0.717) is 11.3 Å². The molecule has 0 unspecified atom stereocenters. The molecule has 2 aromatic heterocycles. The van der Waals surface area contributed by atoms with E-state index in [0.717, 1.165) is 0 Å². The van der Waals surface area contributed by atoms with Gasteiger partial charge in [-0.1, -0.05) is 6.07 Å². The van der Waals surface area contributed by atoms with Crippen molar-refractivity contribution in [3.05, 3.63) is 60.2 Å². The summed E-state index contributed by atoms with van der Waals surface area (Å²) in [6.07, 6.45) is -3.20. The zero-order valence-corrected chi connectivity index (χ0v) is 13.4. The highest BCUT2D eigenvalue weighted by Crippen LogP contribution is 2.31. The van der Waals surface area contributed by atoms with Gasteiger partial charge in [-0.15, -0.1) is 5.10 Å². The summed E-state index contributed by atoms with van der Waals surface area (Å²) in [5.41, 5.74) is 1.35. The minimum atomic E-state index is -4.60. The Morgan fingerprint density at radius 3 is 2.56 bits per heavy atom. The van der Waals surface area contributed by atoms with Gasteiger partial charge in [0.15, 0.2) is 0 Å². The molecule has 0 fully saturated rings. The summed E-state index contributed by atoms with van der Waals surface area (Å²) >= 11 is 0. The summed E-state index contributed by atoms with van der Waals surface area (Å²) in [7, 11) is 0. The standard InChI is InChI=1S/C16H10F3N7O/c17-16(18,19)15-22-12-3-1-2-11(13(12)23-15)21-14(27)9-4-6-10(7-5-9)26-8-20-24-25-26/h1-8H,(H,21,27)(H,22,23).